The van der Waals surface area contributed by atoms with E-state index in [2.05, 4.69) is 10.4 Å². The molecule has 1 fully saturated rings. The van der Waals surface area contributed by atoms with Crippen molar-refractivity contribution in [2.75, 3.05) is 0 Å². The lowest BCUT2D eigenvalue weighted by Gasteiger charge is -2.38. The van der Waals surface area contributed by atoms with Gasteiger partial charge in [-0.15, -0.1) is 0 Å². The van der Waals surface area contributed by atoms with Crippen molar-refractivity contribution in [3.63, 3.8) is 0 Å². The largest absolute Gasteiger partial charge is 0.476 e. The van der Waals surface area contributed by atoms with Crippen LogP contribution in [0.3, 0.4) is 0 Å². The number of halogens is 1. The molecule has 1 aliphatic carbocycles. The van der Waals surface area contributed by atoms with Crippen LogP contribution in [0.15, 0.2) is 36.5 Å². The van der Waals surface area contributed by atoms with Gasteiger partial charge in [0.25, 0.3) is 0 Å². The van der Waals surface area contributed by atoms with Crippen LogP contribution < -0.4 is 5.32 Å². The molecule has 7 heteroatoms. The van der Waals surface area contributed by atoms with Crippen molar-refractivity contribution in [3.05, 3.63) is 53.6 Å². The lowest BCUT2D eigenvalue weighted by Crippen LogP contribution is -2.48. The van der Waals surface area contributed by atoms with Crippen molar-refractivity contribution >= 4 is 11.9 Å². The first-order valence-corrected chi connectivity index (χ1v) is 8.32. The van der Waals surface area contributed by atoms with Crippen LogP contribution in [0.25, 0.3) is 0 Å². The molecule has 1 aromatic carbocycles. The molecule has 6 nitrogen and oxygen atoms in total. The lowest BCUT2D eigenvalue weighted by molar-refractivity contribution is -0.124. The second-order valence-electron chi connectivity index (χ2n) is 6.41. The van der Waals surface area contributed by atoms with Crippen LogP contribution in [0.1, 0.15) is 48.2 Å². The molecule has 132 valence electrons. The highest BCUT2D eigenvalue weighted by atomic mass is 19.1. The summed E-state index contributed by atoms with van der Waals surface area (Å²) in [4.78, 5) is 23.4. The van der Waals surface area contributed by atoms with Gasteiger partial charge in [0.05, 0.1) is 5.54 Å². The van der Waals surface area contributed by atoms with Crippen molar-refractivity contribution in [1.82, 2.24) is 15.1 Å². The molecule has 1 aromatic heterocycles. The van der Waals surface area contributed by atoms with Gasteiger partial charge >= 0.3 is 5.97 Å². The van der Waals surface area contributed by atoms with E-state index in [1.54, 1.807) is 6.07 Å². The number of carboxylic acid groups (broad SMARTS) is 1. The van der Waals surface area contributed by atoms with E-state index in [-0.39, 0.29) is 24.0 Å². The maximum atomic E-state index is 13.7. The van der Waals surface area contributed by atoms with Gasteiger partial charge in [-0.3, -0.25) is 9.48 Å². The number of hydrogen-bond acceptors (Lipinski definition) is 3. The Morgan fingerprint density at radius 2 is 2.00 bits per heavy atom. The number of benzene rings is 1. The summed E-state index contributed by atoms with van der Waals surface area (Å²) in [5.74, 6) is -1.73. The number of carboxylic acids is 1. The van der Waals surface area contributed by atoms with E-state index in [1.807, 2.05) is 6.07 Å². The highest BCUT2D eigenvalue weighted by Gasteiger charge is 2.35. The molecule has 3 rings (SSSR count). The van der Waals surface area contributed by atoms with E-state index in [0.717, 1.165) is 37.7 Å². The molecule has 2 N–H and O–H groups in total. The van der Waals surface area contributed by atoms with E-state index in [4.69, 9.17) is 5.11 Å². The van der Waals surface area contributed by atoms with Gasteiger partial charge in [-0.2, -0.15) is 5.10 Å². The van der Waals surface area contributed by atoms with Crippen LogP contribution in [0.2, 0.25) is 0 Å². The third-order valence-electron chi connectivity index (χ3n) is 4.63. The third kappa shape index (κ3) is 3.87. The summed E-state index contributed by atoms with van der Waals surface area (Å²) >= 11 is 0. The topological polar surface area (TPSA) is 84.2 Å². The predicted octanol–water partition coefficient (Wildman–Crippen LogP) is 2.70. The minimum Gasteiger partial charge on any atom is -0.476 e. The first-order chi connectivity index (χ1) is 12.0. The molecule has 1 aliphatic rings. The summed E-state index contributed by atoms with van der Waals surface area (Å²) in [6, 6.07) is 7.70. The Bertz CT molecular complexity index is 781. The second kappa shape index (κ2) is 7.04. The van der Waals surface area contributed by atoms with Gasteiger partial charge in [0.2, 0.25) is 5.91 Å². The van der Waals surface area contributed by atoms with Gasteiger partial charge in [-0.25, -0.2) is 9.18 Å². The lowest BCUT2D eigenvalue weighted by atomic mass is 9.76. The summed E-state index contributed by atoms with van der Waals surface area (Å²) in [7, 11) is 0. The van der Waals surface area contributed by atoms with Gasteiger partial charge in [-0.1, -0.05) is 31.4 Å². The zero-order chi connectivity index (χ0) is 17.9. The van der Waals surface area contributed by atoms with Gasteiger partial charge in [0, 0.05) is 6.20 Å². The summed E-state index contributed by atoms with van der Waals surface area (Å²) in [5.41, 5.74) is 0.0813. The Morgan fingerprint density at radius 3 is 2.64 bits per heavy atom. The fraction of sp³-hybridized carbons (Fsp3) is 0.389. The molecule has 1 saturated carbocycles. The molecule has 0 unspecified atom stereocenters. The SMILES string of the molecule is O=C(Cn1ccc(C(=O)O)n1)NC1(c2cccc(F)c2)CCCCC1. The number of rotatable bonds is 5. The van der Waals surface area contributed by atoms with Gasteiger partial charge < -0.3 is 10.4 Å². The molecule has 0 atom stereocenters. The van der Waals surface area contributed by atoms with Gasteiger partial charge in [0.15, 0.2) is 5.69 Å². The average molecular weight is 345 g/mol. The molecule has 2 aromatic rings. The number of nitrogens with one attached hydrogen (secondary N) is 1. The first kappa shape index (κ1) is 17.1. The maximum absolute atomic E-state index is 13.7. The van der Waals surface area contributed by atoms with E-state index >= 15 is 0 Å². The summed E-state index contributed by atoms with van der Waals surface area (Å²) in [6.45, 7) is -0.0790. The standard InChI is InChI=1S/C18H20FN3O3/c19-14-6-4-5-13(11-14)18(8-2-1-3-9-18)20-16(23)12-22-10-7-15(21-22)17(24)25/h4-7,10-11H,1-3,8-9,12H2,(H,20,23)(H,24,25). The number of aromatic nitrogens is 2. The van der Waals surface area contributed by atoms with Crippen molar-refractivity contribution in [2.24, 2.45) is 0 Å². The smallest absolute Gasteiger partial charge is 0.356 e. The van der Waals surface area contributed by atoms with Crippen LogP contribution in [-0.4, -0.2) is 26.8 Å². The fourth-order valence-electron chi connectivity index (χ4n) is 3.44. The van der Waals surface area contributed by atoms with Crippen LogP contribution in [0.4, 0.5) is 4.39 Å². The minimum absolute atomic E-state index is 0.0790. The Balaban J connectivity index is 1.78. The second-order valence-corrected chi connectivity index (χ2v) is 6.41. The summed E-state index contributed by atoms with van der Waals surface area (Å²) in [5, 5.41) is 15.8. The van der Waals surface area contributed by atoms with Crippen molar-refractivity contribution in [1.29, 1.82) is 0 Å². The molecule has 0 aliphatic heterocycles. The van der Waals surface area contributed by atoms with Crippen LogP contribution in [0.5, 0.6) is 0 Å². The Labute approximate surface area is 144 Å². The molecule has 0 spiro atoms. The van der Waals surface area contributed by atoms with Gasteiger partial charge in [0.1, 0.15) is 12.4 Å². The molecule has 1 amide bonds. The quantitative estimate of drug-likeness (QED) is 0.873. The molecule has 0 radical (unpaired) electrons. The van der Waals surface area contributed by atoms with E-state index in [9.17, 15) is 14.0 Å². The number of aromatic carboxylic acids is 1. The average Bonchev–Trinajstić information content (AvgIpc) is 3.04. The molecule has 1 heterocycles. The zero-order valence-electron chi connectivity index (χ0n) is 13.7. The highest BCUT2D eigenvalue weighted by Crippen LogP contribution is 2.37. The maximum Gasteiger partial charge on any atom is 0.356 e. The van der Waals surface area contributed by atoms with Crippen molar-refractivity contribution < 1.29 is 19.1 Å². The Kier molecular flexibility index (Phi) is 4.83. The third-order valence-corrected chi connectivity index (χ3v) is 4.63. The monoisotopic (exact) mass is 345 g/mol. The summed E-state index contributed by atoms with van der Waals surface area (Å²) in [6.07, 6.45) is 5.97. The Morgan fingerprint density at radius 1 is 1.24 bits per heavy atom. The van der Waals surface area contributed by atoms with E-state index in [1.165, 1.54) is 29.1 Å². The number of carbonyl (C=O) groups is 2. The van der Waals surface area contributed by atoms with Gasteiger partial charge in [-0.05, 0) is 36.6 Å². The molecular formula is C18H20FN3O3. The number of hydrogen-bond donors (Lipinski definition) is 2. The number of carbonyl (C=O) groups excluding carboxylic acids is 1. The minimum atomic E-state index is -1.14. The molecular weight excluding hydrogens is 325 g/mol. The van der Waals surface area contributed by atoms with E-state index < -0.39 is 11.5 Å². The molecule has 0 saturated heterocycles. The normalized spacial score (nSPS) is 16.4. The Hall–Kier alpha value is -2.70. The van der Waals surface area contributed by atoms with Crippen molar-refractivity contribution in [3.8, 4) is 0 Å². The van der Waals surface area contributed by atoms with Crippen LogP contribution >= 0.6 is 0 Å². The fourth-order valence-corrected chi connectivity index (χ4v) is 3.44. The molecule has 0 bridgehead atoms. The van der Waals surface area contributed by atoms with Crippen molar-refractivity contribution in [2.45, 2.75) is 44.2 Å². The zero-order valence-corrected chi connectivity index (χ0v) is 13.7. The predicted molar refractivity (Wildman–Crippen MR) is 88.5 cm³/mol. The molecule has 25 heavy (non-hydrogen) atoms. The highest BCUT2D eigenvalue weighted by molar-refractivity contribution is 5.85. The van der Waals surface area contributed by atoms with Crippen LogP contribution in [0, 0.1) is 5.82 Å². The first-order valence-electron chi connectivity index (χ1n) is 8.32. The summed E-state index contributed by atoms with van der Waals surface area (Å²) < 4.78 is 15.0. The van der Waals surface area contributed by atoms with Crippen LogP contribution in [-0.2, 0) is 16.9 Å². The number of amides is 1. The van der Waals surface area contributed by atoms with E-state index in [0.29, 0.717) is 0 Å². The number of nitrogens with zero attached hydrogens (tertiary/aromatic N) is 2.